The molecule has 0 saturated heterocycles. The van der Waals surface area contributed by atoms with Crippen LogP contribution >= 0.6 is 0 Å². The van der Waals surface area contributed by atoms with E-state index in [2.05, 4.69) is 31.4 Å². The lowest BCUT2D eigenvalue weighted by molar-refractivity contribution is -0.114. The van der Waals surface area contributed by atoms with Crippen molar-refractivity contribution in [3.8, 4) is 0 Å². The number of carbonyl (C=O) groups excluding carboxylic acids is 1. The maximum absolute atomic E-state index is 10.9. The van der Waals surface area contributed by atoms with Crippen LogP contribution in [0.4, 0.5) is 11.4 Å². The average Bonchev–Trinajstić information content (AvgIpc) is 2.30. The SMILES string of the molecule is CCC(C)C(C)Nc1ccc(NC(C)=O)cc1. The molecular weight excluding hydrogens is 212 g/mol. The Balaban J connectivity index is 2.59. The molecule has 0 heterocycles. The third-order valence-corrected chi connectivity index (χ3v) is 3.10. The summed E-state index contributed by atoms with van der Waals surface area (Å²) >= 11 is 0. The molecule has 3 heteroatoms. The minimum Gasteiger partial charge on any atom is -0.382 e. The number of anilines is 2. The van der Waals surface area contributed by atoms with Crippen LogP contribution in [-0.4, -0.2) is 11.9 Å². The van der Waals surface area contributed by atoms with E-state index in [1.807, 2.05) is 24.3 Å². The highest BCUT2D eigenvalue weighted by Gasteiger charge is 2.09. The third kappa shape index (κ3) is 4.47. The van der Waals surface area contributed by atoms with E-state index in [0.717, 1.165) is 17.8 Å². The molecule has 2 atom stereocenters. The Bertz CT molecular complexity index is 359. The van der Waals surface area contributed by atoms with Crippen molar-refractivity contribution in [1.82, 2.24) is 0 Å². The lowest BCUT2D eigenvalue weighted by Crippen LogP contribution is -2.23. The molecule has 94 valence electrons. The number of hydrogen-bond acceptors (Lipinski definition) is 2. The summed E-state index contributed by atoms with van der Waals surface area (Å²) < 4.78 is 0. The van der Waals surface area contributed by atoms with E-state index >= 15 is 0 Å². The summed E-state index contributed by atoms with van der Waals surface area (Å²) in [5, 5.41) is 6.21. The van der Waals surface area contributed by atoms with Crippen molar-refractivity contribution in [2.75, 3.05) is 10.6 Å². The second kappa shape index (κ2) is 6.28. The average molecular weight is 234 g/mol. The van der Waals surface area contributed by atoms with Crippen molar-refractivity contribution in [2.45, 2.75) is 40.2 Å². The van der Waals surface area contributed by atoms with Gasteiger partial charge in [0.2, 0.25) is 5.91 Å². The number of amides is 1. The first-order valence-corrected chi connectivity index (χ1v) is 6.17. The van der Waals surface area contributed by atoms with E-state index in [9.17, 15) is 4.79 Å². The Labute approximate surface area is 104 Å². The van der Waals surface area contributed by atoms with Crippen molar-refractivity contribution in [1.29, 1.82) is 0 Å². The summed E-state index contributed by atoms with van der Waals surface area (Å²) in [7, 11) is 0. The molecule has 3 nitrogen and oxygen atoms in total. The maximum Gasteiger partial charge on any atom is 0.221 e. The van der Waals surface area contributed by atoms with Crippen molar-refractivity contribution in [3.05, 3.63) is 24.3 Å². The van der Waals surface area contributed by atoms with Crippen LogP contribution in [0, 0.1) is 5.92 Å². The van der Waals surface area contributed by atoms with Gasteiger partial charge in [-0.25, -0.2) is 0 Å². The molecule has 0 aliphatic carbocycles. The van der Waals surface area contributed by atoms with Crippen LogP contribution in [0.15, 0.2) is 24.3 Å². The molecule has 1 aromatic carbocycles. The van der Waals surface area contributed by atoms with Gasteiger partial charge in [-0.1, -0.05) is 20.3 Å². The van der Waals surface area contributed by atoms with Gasteiger partial charge in [0.15, 0.2) is 0 Å². The summed E-state index contributed by atoms with van der Waals surface area (Å²) in [5.41, 5.74) is 1.92. The van der Waals surface area contributed by atoms with E-state index < -0.39 is 0 Å². The molecule has 0 spiro atoms. The van der Waals surface area contributed by atoms with Crippen LogP contribution in [0.2, 0.25) is 0 Å². The fourth-order valence-corrected chi connectivity index (χ4v) is 1.61. The van der Waals surface area contributed by atoms with Crippen molar-refractivity contribution >= 4 is 17.3 Å². The zero-order valence-corrected chi connectivity index (χ0v) is 11.1. The Morgan fingerprint density at radius 3 is 2.18 bits per heavy atom. The molecule has 0 aliphatic rings. The van der Waals surface area contributed by atoms with Gasteiger partial charge in [0.1, 0.15) is 0 Å². The Kier molecular flexibility index (Phi) is 5.01. The highest BCUT2D eigenvalue weighted by atomic mass is 16.1. The van der Waals surface area contributed by atoms with Gasteiger partial charge in [-0.2, -0.15) is 0 Å². The summed E-state index contributed by atoms with van der Waals surface area (Å²) in [6.07, 6.45) is 1.16. The summed E-state index contributed by atoms with van der Waals surface area (Å²) in [6, 6.07) is 8.25. The number of benzene rings is 1. The molecular formula is C14H22N2O. The Hall–Kier alpha value is -1.51. The molecule has 0 aromatic heterocycles. The second-order valence-corrected chi connectivity index (χ2v) is 4.58. The van der Waals surface area contributed by atoms with Gasteiger partial charge in [0, 0.05) is 24.3 Å². The van der Waals surface area contributed by atoms with Gasteiger partial charge in [-0.05, 0) is 37.1 Å². The quantitative estimate of drug-likeness (QED) is 0.818. The number of carbonyl (C=O) groups is 1. The normalized spacial score (nSPS) is 13.9. The van der Waals surface area contributed by atoms with Crippen LogP contribution < -0.4 is 10.6 Å². The maximum atomic E-state index is 10.9. The van der Waals surface area contributed by atoms with Crippen LogP contribution in [0.25, 0.3) is 0 Å². The molecule has 0 saturated carbocycles. The molecule has 2 unspecified atom stereocenters. The summed E-state index contributed by atoms with van der Waals surface area (Å²) in [6.45, 7) is 8.14. The predicted molar refractivity (Wildman–Crippen MR) is 73.3 cm³/mol. The molecule has 1 rings (SSSR count). The standard InChI is InChI=1S/C14H22N2O/c1-5-10(2)11(3)15-13-6-8-14(9-7-13)16-12(4)17/h6-11,15H,5H2,1-4H3,(H,16,17). The second-order valence-electron chi connectivity index (χ2n) is 4.58. The highest BCUT2D eigenvalue weighted by Crippen LogP contribution is 2.17. The van der Waals surface area contributed by atoms with Gasteiger partial charge in [-0.15, -0.1) is 0 Å². The minimum absolute atomic E-state index is 0.0429. The number of nitrogens with one attached hydrogen (secondary N) is 2. The van der Waals surface area contributed by atoms with Gasteiger partial charge in [0.05, 0.1) is 0 Å². The highest BCUT2D eigenvalue weighted by molar-refractivity contribution is 5.88. The van der Waals surface area contributed by atoms with Gasteiger partial charge < -0.3 is 10.6 Å². The van der Waals surface area contributed by atoms with Gasteiger partial charge in [-0.3, -0.25) is 4.79 Å². The lowest BCUT2D eigenvalue weighted by atomic mass is 10.0. The molecule has 17 heavy (non-hydrogen) atoms. The molecule has 1 aromatic rings. The van der Waals surface area contributed by atoms with Crippen LogP contribution in [0.3, 0.4) is 0 Å². The van der Waals surface area contributed by atoms with E-state index in [1.165, 1.54) is 6.92 Å². The topological polar surface area (TPSA) is 41.1 Å². The first-order chi connectivity index (χ1) is 8.02. The zero-order chi connectivity index (χ0) is 12.8. The predicted octanol–water partition coefficient (Wildman–Crippen LogP) is 3.49. The first kappa shape index (κ1) is 13.6. The van der Waals surface area contributed by atoms with Gasteiger partial charge in [0.25, 0.3) is 0 Å². The lowest BCUT2D eigenvalue weighted by Gasteiger charge is -2.21. The van der Waals surface area contributed by atoms with Crippen molar-refractivity contribution in [3.63, 3.8) is 0 Å². The van der Waals surface area contributed by atoms with E-state index in [1.54, 1.807) is 0 Å². The fraction of sp³-hybridized carbons (Fsp3) is 0.500. The van der Waals surface area contributed by atoms with E-state index in [0.29, 0.717) is 12.0 Å². The molecule has 2 N–H and O–H groups in total. The molecule has 0 fully saturated rings. The molecule has 0 aliphatic heterocycles. The Morgan fingerprint density at radius 1 is 1.18 bits per heavy atom. The van der Waals surface area contributed by atoms with Crippen molar-refractivity contribution < 1.29 is 4.79 Å². The van der Waals surface area contributed by atoms with E-state index in [4.69, 9.17) is 0 Å². The third-order valence-electron chi connectivity index (χ3n) is 3.10. The van der Waals surface area contributed by atoms with Crippen LogP contribution in [-0.2, 0) is 4.79 Å². The Morgan fingerprint density at radius 2 is 1.71 bits per heavy atom. The van der Waals surface area contributed by atoms with Crippen LogP contribution in [0.1, 0.15) is 34.1 Å². The zero-order valence-electron chi connectivity index (χ0n) is 11.1. The van der Waals surface area contributed by atoms with Gasteiger partial charge >= 0.3 is 0 Å². The monoisotopic (exact) mass is 234 g/mol. The smallest absolute Gasteiger partial charge is 0.221 e. The number of rotatable bonds is 5. The summed E-state index contributed by atoms with van der Waals surface area (Å²) in [4.78, 5) is 10.9. The molecule has 1 amide bonds. The largest absolute Gasteiger partial charge is 0.382 e. The first-order valence-electron chi connectivity index (χ1n) is 6.17. The molecule has 0 bridgehead atoms. The minimum atomic E-state index is -0.0429. The summed E-state index contributed by atoms with van der Waals surface area (Å²) in [5.74, 6) is 0.601. The van der Waals surface area contributed by atoms with Crippen molar-refractivity contribution in [2.24, 2.45) is 5.92 Å². The van der Waals surface area contributed by atoms with Crippen LogP contribution in [0.5, 0.6) is 0 Å². The number of hydrogen-bond donors (Lipinski definition) is 2. The fourth-order valence-electron chi connectivity index (χ4n) is 1.61. The van der Waals surface area contributed by atoms with E-state index in [-0.39, 0.29) is 5.91 Å². The molecule has 0 radical (unpaired) electrons.